The SMILES string of the molecule is COc1cc(CN2CCCC2)cc(OC)c1OC. The van der Waals surface area contributed by atoms with Gasteiger partial charge in [0.2, 0.25) is 5.75 Å². The first-order valence-electron chi connectivity index (χ1n) is 6.29. The summed E-state index contributed by atoms with van der Waals surface area (Å²) in [6, 6.07) is 4.05. The Hall–Kier alpha value is -1.42. The van der Waals surface area contributed by atoms with Gasteiger partial charge in [0.25, 0.3) is 0 Å². The summed E-state index contributed by atoms with van der Waals surface area (Å²) in [4.78, 5) is 2.45. The maximum absolute atomic E-state index is 5.36. The molecule has 4 heteroatoms. The van der Waals surface area contributed by atoms with E-state index < -0.39 is 0 Å². The number of benzene rings is 1. The summed E-state index contributed by atoms with van der Waals surface area (Å²) in [6.07, 6.45) is 2.59. The zero-order valence-electron chi connectivity index (χ0n) is 11.4. The van der Waals surface area contributed by atoms with Gasteiger partial charge >= 0.3 is 0 Å². The summed E-state index contributed by atoms with van der Waals surface area (Å²) in [5.74, 6) is 2.11. The van der Waals surface area contributed by atoms with Crippen molar-refractivity contribution in [1.29, 1.82) is 0 Å². The van der Waals surface area contributed by atoms with E-state index in [0.29, 0.717) is 5.75 Å². The van der Waals surface area contributed by atoms with Gasteiger partial charge in [0.05, 0.1) is 21.3 Å². The summed E-state index contributed by atoms with van der Waals surface area (Å²) in [5.41, 5.74) is 1.20. The molecular formula is C14H21NO3. The summed E-state index contributed by atoms with van der Waals surface area (Å²) < 4.78 is 16.0. The van der Waals surface area contributed by atoms with Crippen LogP contribution in [0.15, 0.2) is 12.1 Å². The number of rotatable bonds is 5. The molecule has 0 radical (unpaired) electrons. The smallest absolute Gasteiger partial charge is 0.203 e. The maximum Gasteiger partial charge on any atom is 0.203 e. The van der Waals surface area contributed by atoms with Crippen molar-refractivity contribution in [3.63, 3.8) is 0 Å². The van der Waals surface area contributed by atoms with Crippen molar-refractivity contribution in [2.75, 3.05) is 34.4 Å². The van der Waals surface area contributed by atoms with Crippen molar-refractivity contribution in [3.8, 4) is 17.2 Å². The Kier molecular flexibility index (Phi) is 4.31. The molecule has 0 unspecified atom stereocenters. The topological polar surface area (TPSA) is 30.9 Å². The van der Waals surface area contributed by atoms with Crippen molar-refractivity contribution in [3.05, 3.63) is 17.7 Å². The van der Waals surface area contributed by atoms with E-state index in [1.165, 1.54) is 31.5 Å². The molecule has 2 rings (SSSR count). The normalized spacial score (nSPS) is 15.7. The Labute approximate surface area is 108 Å². The van der Waals surface area contributed by atoms with Crippen LogP contribution in [0.2, 0.25) is 0 Å². The molecular weight excluding hydrogens is 230 g/mol. The highest BCUT2D eigenvalue weighted by Crippen LogP contribution is 2.38. The van der Waals surface area contributed by atoms with E-state index in [1.54, 1.807) is 21.3 Å². The number of ether oxygens (including phenoxy) is 3. The molecule has 0 aliphatic carbocycles. The van der Waals surface area contributed by atoms with Crippen LogP contribution in [0.4, 0.5) is 0 Å². The molecule has 1 aliphatic rings. The summed E-state index contributed by atoms with van der Waals surface area (Å²) in [5, 5.41) is 0. The monoisotopic (exact) mass is 251 g/mol. The van der Waals surface area contributed by atoms with Crippen LogP contribution in [0.5, 0.6) is 17.2 Å². The average Bonchev–Trinajstić information content (AvgIpc) is 2.90. The summed E-state index contributed by atoms with van der Waals surface area (Å²) >= 11 is 0. The van der Waals surface area contributed by atoms with Gasteiger partial charge in [-0.05, 0) is 43.6 Å². The van der Waals surface area contributed by atoms with E-state index in [1.807, 2.05) is 12.1 Å². The van der Waals surface area contributed by atoms with Gasteiger partial charge in [-0.3, -0.25) is 4.90 Å². The lowest BCUT2D eigenvalue weighted by atomic mass is 10.1. The fourth-order valence-electron chi connectivity index (χ4n) is 2.43. The molecule has 100 valence electrons. The quantitative estimate of drug-likeness (QED) is 0.803. The van der Waals surface area contributed by atoms with Gasteiger partial charge in [-0.15, -0.1) is 0 Å². The first-order valence-corrected chi connectivity index (χ1v) is 6.29. The molecule has 0 atom stereocenters. The molecule has 0 aromatic heterocycles. The Morgan fingerprint density at radius 1 is 0.944 bits per heavy atom. The first-order chi connectivity index (χ1) is 8.78. The third-order valence-electron chi connectivity index (χ3n) is 3.33. The third-order valence-corrected chi connectivity index (χ3v) is 3.33. The van der Waals surface area contributed by atoms with Crippen LogP contribution in [-0.2, 0) is 6.54 Å². The molecule has 0 spiro atoms. The molecule has 0 amide bonds. The number of hydrogen-bond donors (Lipinski definition) is 0. The minimum Gasteiger partial charge on any atom is -0.493 e. The van der Waals surface area contributed by atoms with Crippen LogP contribution >= 0.6 is 0 Å². The van der Waals surface area contributed by atoms with Gasteiger partial charge in [-0.1, -0.05) is 0 Å². The molecule has 1 aliphatic heterocycles. The van der Waals surface area contributed by atoms with Crippen molar-refractivity contribution >= 4 is 0 Å². The van der Waals surface area contributed by atoms with Gasteiger partial charge in [0.1, 0.15) is 0 Å². The Morgan fingerprint density at radius 2 is 1.50 bits per heavy atom. The standard InChI is InChI=1S/C14H21NO3/c1-16-12-8-11(10-15-6-4-5-7-15)9-13(17-2)14(12)18-3/h8-9H,4-7,10H2,1-3H3. The molecule has 1 heterocycles. The van der Waals surface area contributed by atoms with E-state index >= 15 is 0 Å². The van der Waals surface area contributed by atoms with Crippen LogP contribution in [-0.4, -0.2) is 39.3 Å². The predicted molar refractivity (Wildman–Crippen MR) is 70.6 cm³/mol. The Balaban J connectivity index is 2.24. The average molecular weight is 251 g/mol. The van der Waals surface area contributed by atoms with Crippen LogP contribution in [0.3, 0.4) is 0 Å². The van der Waals surface area contributed by atoms with Gasteiger partial charge < -0.3 is 14.2 Å². The lowest BCUT2D eigenvalue weighted by Gasteiger charge is -2.18. The van der Waals surface area contributed by atoms with Gasteiger partial charge in [-0.25, -0.2) is 0 Å². The predicted octanol–water partition coefficient (Wildman–Crippen LogP) is 2.31. The van der Waals surface area contributed by atoms with Crippen molar-refractivity contribution in [1.82, 2.24) is 4.90 Å². The van der Waals surface area contributed by atoms with Crippen LogP contribution in [0.1, 0.15) is 18.4 Å². The van der Waals surface area contributed by atoms with E-state index in [-0.39, 0.29) is 0 Å². The zero-order chi connectivity index (χ0) is 13.0. The minimum absolute atomic E-state index is 0.658. The highest BCUT2D eigenvalue weighted by Gasteiger charge is 2.16. The lowest BCUT2D eigenvalue weighted by Crippen LogP contribution is -2.18. The Morgan fingerprint density at radius 3 is 1.94 bits per heavy atom. The van der Waals surface area contributed by atoms with Gasteiger partial charge in [0, 0.05) is 6.54 Å². The molecule has 1 aromatic rings. The Bertz CT molecular complexity index is 375. The van der Waals surface area contributed by atoms with Crippen LogP contribution < -0.4 is 14.2 Å². The second kappa shape index (κ2) is 5.96. The molecule has 0 N–H and O–H groups in total. The van der Waals surface area contributed by atoms with Crippen molar-refractivity contribution < 1.29 is 14.2 Å². The van der Waals surface area contributed by atoms with Crippen LogP contribution in [0, 0.1) is 0 Å². The van der Waals surface area contributed by atoms with E-state index in [4.69, 9.17) is 14.2 Å². The van der Waals surface area contributed by atoms with Crippen molar-refractivity contribution in [2.24, 2.45) is 0 Å². The van der Waals surface area contributed by atoms with Crippen molar-refractivity contribution in [2.45, 2.75) is 19.4 Å². The summed E-state index contributed by atoms with van der Waals surface area (Å²) in [7, 11) is 4.92. The fraction of sp³-hybridized carbons (Fsp3) is 0.571. The van der Waals surface area contributed by atoms with Gasteiger partial charge in [-0.2, -0.15) is 0 Å². The first kappa shape index (κ1) is 13.0. The van der Waals surface area contributed by atoms with E-state index in [2.05, 4.69) is 4.90 Å². The number of likely N-dealkylation sites (tertiary alicyclic amines) is 1. The molecule has 0 bridgehead atoms. The number of methoxy groups -OCH3 is 3. The minimum atomic E-state index is 0.658. The molecule has 1 saturated heterocycles. The fourth-order valence-corrected chi connectivity index (χ4v) is 2.43. The van der Waals surface area contributed by atoms with Crippen LogP contribution in [0.25, 0.3) is 0 Å². The zero-order valence-corrected chi connectivity index (χ0v) is 11.4. The van der Waals surface area contributed by atoms with Gasteiger partial charge in [0.15, 0.2) is 11.5 Å². The maximum atomic E-state index is 5.36. The second-order valence-corrected chi connectivity index (χ2v) is 4.52. The molecule has 1 aromatic carbocycles. The number of hydrogen-bond acceptors (Lipinski definition) is 4. The lowest BCUT2D eigenvalue weighted by molar-refractivity contribution is 0.314. The second-order valence-electron chi connectivity index (χ2n) is 4.52. The van der Waals surface area contributed by atoms with E-state index in [9.17, 15) is 0 Å². The molecule has 18 heavy (non-hydrogen) atoms. The van der Waals surface area contributed by atoms with E-state index in [0.717, 1.165) is 18.0 Å². The summed E-state index contributed by atoms with van der Waals surface area (Å²) in [6.45, 7) is 3.30. The third kappa shape index (κ3) is 2.70. The number of nitrogens with zero attached hydrogens (tertiary/aromatic N) is 1. The largest absolute Gasteiger partial charge is 0.493 e. The molecule has 1 fully saturated rings. The highest BCUT2D eigenvalue weighted by atomic mass is 16.5. The highest BCUT2D eigenvalue weighted by molar-refractivity contribution is 5.53. The molecule has 0 saturated carbocycles. The molecule has 4 nitrogen and oxygen atoms in total.